The molecule has 1 unspecified atom stereocenters. The number of carbonyl (C=O) groups excluding carboxylic acids is 1. The van der Waals surface area contributed by atoms with Crippen molar-refractivity contribution in [1.29, 1.82) is 0 Å². The normalized spacial score (nSPS) is 15.4. The molecule has 1 atom stereocenters. The van der Waals surface area contributed by atoms with Gasteiger partial charge in [-0.3, -0.25) is 9.59 Å². The second-order valence-electron chi connectivity index (χ2n) is 7.14. The van der Waals surface area contributed by atoms with Gasteiger partial charge in [-0.2, -0.15) is 0 Å². The Kier molecular flexibility index (Phi) is 5.50. The van der Waals surface area contributed by atoms with Crippen molar-refractivity contribution >= 4 is 23.5 Å². The van der Waals surface area contributed by atoms with Crippen LogP contribution in [0.4, 0.5) is 5.82 Å². The number of nitrogens with zero attached hydrogens (tertiary/aromatic N) is 1. The van der Waals surface area contributed by atoms with Crippen molar-refractivity contribution in [2.24, 2.45) is 0 Å². The SMILES string of the molecule is COc1ccc(C2CC(=O)Nc3nc(SCc4ccc(C)cc4)[nH]c(=O)c32)cc1O. The number of amides is 1. The maximum Gasteiger partial charge on any atom is 0.257 e. The molecule has 0 spiro atoms. The Labute approximate surface area is 177 Å². The number of hydrogen-bond acceptors (Lipinski definition) is 6. The van der Waals surface area contributed by atoms with E-state index in [0.717, 1.165) is 5.56 Å². The van der Waals surface area contributed by atoms with Gasteiger partial charge in [0.2, 0.25) is 5.91 Å². The van der Waals surface area contributed by atoms with E-state index in [2.05, 4.69) is 15.3 Å². The minimum absolute atomic E-state index is 0.0443. The van der Waals surface area contributed by atoms with Gasteiger partial charge in [-0.15, -0.1) is 0 Å². The highest BCUT2D eigenvalue weighted by molar-refractivity contribution is 7.98. The lowest BCUT2D eigenvalue weighted by Crippen LogP contribution is -2.31. The summed E-state index contributed by atoms with van der Waals surface area (Å²) in [5.41, 5.74) is 3.03. The highest BCUT2D eigenvalue weighted by atomic mass is 32.2. The summed E-state index contributed by atoms with van der Waals surface area (Å²) in [5, 5.41) is 13.3. The van der Waals surface area contributed by atoms with Crippen LogP contribution in [0.5, 0.6) is 11.5 Å². The van der Waals surface area contributed by atoms with Crippen LogP contribution in [-0.2, 0) is 10.5 Å². The number of aromatic amines is 1. The molecular formula is C22H21N3O4S. The number of phenols is 1. The molecule has 0 radical (unpaired) electrons. The molecule has 0 saturated carbocycles. The standard InChI is InChI=1S/C22H21N3O4S/c1-12-3-5-13(6-4-12)11-30-22-24-20-19(21(28)25-22)15(10-18(27)23-20)14-7-8-17(29-2)16(26)9-14/h3-9,15,26H,10-11H2,1-2H3,(H2,23,24,25,27,28). The minimum atomic E-state index is -0.502. The van der Waals surface area contributed by atoms with E-state index in [-0.39, 0.29) is 29.5 Å². The number of thioether (sulfide) groups is 1. The Bertz CT molecular complexity index is 1160. The molecule has 0 fully saturated rings. The Balaban J connectivity index is 1.65. The quantitative estimate of drug-likeness (QED) is 0.428. The van der Waals surface area contributed by atoms with Gasteiger partial charge in [0.05, 0.1) is 12.7 Å². The molecule has 7 nitrogen and oxygen atoms in total. The summed E-state index contributed by atoms with van der Waals surface area (Å²) in [5.74, 6) is 0.465. The van der Waals surface area contributed by atoms with Crippen LogP contribution in [0, 0.1) is 6.92 Å². The van der Waals surface area contributed by atoms with Crippen molar-refractivity contribution in [3.63, 3.8) is 0 Å². The lowest BCUT2D eigenvalue weighted by molar-refractivity contribution is -0.116. The number of carbonyl (C=O) groups is 1. The first-order chi connectivity index (χ1) is 14.4. The van der Waals surface area contributed by atoms with Gasteiger partial charge in [0.1, 0.15) is 5.82 Å². The van der Waals surface area contributed by atoms with Crippen molar-refractivity contribution in [3.8, 4) is 11.5 Å². The molecule has 0 saturated heterocycles. The second kappa shape index (κ2) is 8.23. The van der Waals surface area contributed by atoms with E-state index < -0.39 is 5.92 Å². The molecular weight excluding hydrogens is 402 g/mol. The molecule has 1 aromatic heterocycles. The van der Waals surface area contributed by atoms with E-state index >= 15 is 0 Å². The van der Waals surface area contributed by atoms with Crippen LogP contribution in [0.15, 0.2) is 52.4 Å². The Morgan fingerprint density at radius 2 is 1.97 bits per heavy atom. The fourth-order valence-electron chi connectivity index (χ4n) is 3.46. The zero-order chi connectivity index (χ0) is 21.3. The van der Waals surface area contributed by atoms with Gasteiger partial charge in [0.25, 0.3) is 5.56 Å². The average Bonchev–Trinajstić information content (AvgIpc) is 2.72. The van der Waals surface area contributed by atoms with Crippen molar-refractivity contribution in [2.45, 2.75) is 30.2 Å². The molecule has 1 aliphatic heterocycles. The van der Waals surface area contributed by atoms with Crippen LogP contribution in [0.25, 0.3) is 0 Å². The summed E-state index contributed by atoms with van der Waals surface area (Å²) in [7, 11) is 1.46. The predicted molar refractivity (Wildman–Crippen MR) is 115 cm³/mol. The van der Waals surface area contributed by atoms with Crippen LogP contribution in [0.2, 0.25) is 0 Å². The van der Waals surface area contributed by atoms with E-state index in [4.69, 9.17) is 4.74 Å². The summed E-state index contributed by atoms with van der Waals surface area (Å²) < 4.78 is 5.07. The van der Waals surface area contributed by atoms with Gasteiger partial charge < -0.3 is 20.1 Å². The molecule has 1 aliphatic rings. The number of phenolic OH excluding ortho intramolecular Hbond substituents is 1. The number of H-pyrrole nitrogens is 1. The molecule has 30 heavy (non-hydrogen) atoms. The number of fused-ring (bicyclic) bond motifs is 1. The maximum atomic E-state index is 12.9. The third-order valence-electron chi connectivity index (χ3n) is 5.03. The summed E-state index contributed by atoms with van der Waals surface area (Å²) in [4.78, 5) is 32.5. The summed E-state index contributed by atoms with van der Waals surface area (Å²) in [6, 6.07) is 13.0. The molecule has 8 heteroatoms. The molecule has 3 N–H and O–H groups in total. The van der Waals surface area contributed by atoms with Crippen LogP contribution in [0.1, 0.15) is 34.6 Å². The van der Waals surface area contributed by atoms with E-state index in [1.54, 1.807) is 12.1 Å². The number of ether oxygens (including phenoxy) is 1. The van der Waals surface area contributed by atoms with E-state index in [1.807, 2.05) is 31.2 Å². The third-order valence-corrected chi connectivity index (χ3v) is 5.98. The van der Waals surface area contributed by atoms with Crippen molar-refractivity contribution < 1.29 is 14.6 Å². The van der Waals surface area contributed by atoms with E-state index in [9.17, 15) is 14.7 Å². The number of hydrogen-bond donors (Lipinski definition) is 3. The van der Waals surface area contributed by atoms with Gasteiger partial charge in [0.15, 0.2) is 16.7 Å². The van der Waals surface area contributed by atoms with Crippen molar-refractivity contribution in [2.75, 3.05) is 12.4 Å². The largest absolute Gasteiger partial charge is 0.504 e. The van der Waals surface area contributed by atoms with Crippen LogP contribution >= 0.6 is 11.8 Å². The molecule has 3 aromatic rings. The molecule has 2 aromatic carbocycles. The first-order valence-corrected chi connectivity index (χ1v) is 10.4. The molecule has 154 valence electrons. The third kappa shape index (κ3) is 4.04. The van der Waals surface area contributed by atoms with Gasteiger partial charge in [-0.1, -0.05) is 47.7 Å². The number of aryl methyl sites for hydroxylation is 1. The fourth-order valence-corrected chi connectivity index (χ4v) is 4.28. The zero-order valence-corrected chi connectivity index (χ0v) is 17.4. The van der Waals surface area contributed by atoms with Gasteiger partial charge in [-0.25, -0.2) is 4.98 Å². The summed E-state index contributed by atoms with van der Waals surface area (Å²) in [6.45, 7) is 2.03. The molecule has 0 bridgehead atoms. The number of aromatic hydroxyl groups is 1. The fraction of sp³-hybridized carbons (Fsp3) is 0.227. The molecule has 1 amide bonds. The van der Waals surface area contributed by atoms with Gasteiger partial charge in [-0.05, 0) is 30.2 Å². The predicted octanol–water partition coefficient (Wildman–Crippen LogP) is 3.56. The lowest BCUT2D eigenvalue weighted by atomic mass is 9.86. The average molecular weight is 423 g/mol. The lowest BCUT2D eigenvalue weighted by Gasteiger charge is -2.24. The highest BCUT2D eigenvalue weighted by Gasteiger charge is 2.31. The smallest absolute Gasteiger partial charge is 0.257 e. The number of aromatic nitrogens is 2. The summed E-state index contributed by atoms with van der Waals surface area (Å²) in [6.07, 6.45) is 0.0966. The number of rotatable bonds is 5. The number of anilines is 1. The Hall–Kier alpha value is -3.26. The second-order valence-corrected chi connectivity index (χ2v) is 8.11. The van der Waals surface area contributed by atoms with Crippen LogP contribution < -0.4 is 15.6 Å². The number of benzene rings is 2. The zero-order valence-electron chi connectivity index (χ0n) is 16.6. The van der Waals surface area contributed by atoms with Crippen molar-refractivity contribution in [3.05, 3.63) is 75.1 Å². The minimum Gasteiger partial charge on any atom is -0.504 e. The Morgan fingerprint density at radius 1 is 1.20 bits per heavy atom. The topological polar surface area (TPSA) is 104 Å². The van der Waals surface area contributed by atoms with E-state index in [1.165, 1.54) is 30.5 Å². The van der Waals surface area contributed by atoms with Crippen LogP contribution in [-0.4, -0.2) is 28.1 Å². The van der Waals surface area contributed by atoms with Crippen LogP contribution in [0.3, 0.4) is 0 Å². The van der Waals surface area contributed by atoms with Gasteiger partial charge >= 0.3 is 0 Å². The molecule has 2 heterocycles. The molecule has 0 aliphatic carbocycles. The highest BCUT2D eigenvalue weighted by Crippen LogP contribution is 2.38. The maximum absolute atomic E-state index is 12.9. The van der Waals surface area contributed by atoms with E-state index in [0.29, 0.717) is 27.8 Å². The van der Waals surface area contributed by atoms with Crippen molar-refractivity contribution in [1.82, 2.24) is 9.97 Å². The van der Waals surface area contributed by atoms with Gasteiger partial charge in [0, 0.05) is 18.1 Å². The number of nitrogens with one attached hydrogen (secondary N) is 2. The monoisotopic (exact) mass is 423 g/mol. The summed E-state index contributed by atoms with van der Waals surface area (Å²) >= 11 is 1.40. The Morgan fingerprint density at radius 3 is 2.67 bits per heavy atom. The molecule has 4 rings (SSSR count). The number of methoxy groups -OCH3 is 1. The first-order valence-electron chi connectivity index (χ1n) is 9.44. The first kappa shape index (κ1) is 20.0.